The molecule has 7 nitrogen and oxygen atoms in total. The molecule has 0 radical (unpaired) electrons. The zero-order valence-corrected chi connectivity index (χ0v) is 18.6. The summed E-state index contributed by atoms with van der Waals surface area (Å²) in [6.07, 6.45) is 5.39. The molecule has 0 aromatic carbocycles. The maximum absolute atomic E-state index is 12.7. The molecular weight excluding hydrogens is 380 g/mol. The zero-order chi connectivity index (χ0) is 21.6. The molecule has 166 valence electrons. The molecule has 0 saturated carbocycles. The maximum Gasteiger partial charge on any atom is 0.409 e. The molecule has 0 aliphatic carbocycles. The third-order valence-corrected chi connectivity index (χ3v) is 5.86. The zero-order valence-electron chi connectivity index (χ0n) is 18.6. The second-order valence-electron chi connectivity index (χ2n) is 9.71. The van der Waals surface area contributed by atoms with Crippen molar-refractivity contribution in [3.8, 4) is 0 Å². The van der Waals surface area contributed by atoms with Gasteiger partial charge in [-0.2, -0.15) is 0 Å². The number of aromatic nitrogens is 1. The number of hydrogen-bond acceptors (Lipinski definition) is 5. The molecule has 1 N–H and O–H groups in total. The lowest BCUT2D eigenvalue weighted by Crippen LogP contribution is -2.51. The van der Waals surface area contributed by atoms with Crippen LogP contribution in [0.3, 0.4) is 0 Å². The molecule has 7 heteroatoms. The summed E-state index contributed by atoms with van der Waals surface area (Å²) in [7, 11) is 0. The Hall–Kier alpha value is -2.15. The van der Waals surface area contributed by atoms with E-state index in [9.17, 15) is 9.59 Å². The number of carbonyl (C=O) groups is 2. The maximum atomic E-state index is 12.7. The summed E-state index contributed by atoms with van der Waals surface area (Å²) < 4.78 is 5.45. The van der Waals surface area contributed by atoms with Crippen molar-refractivity contribution < 1.29 is 14.3 Å². The summed E-state index contributed by atoms with van der Waals surface area (Å²) >= 11 is 0. The second kappa shape index (κ2) is 10.2. The molecule has 2 aliphatic rings. The van der Waals surface area contributed by atoms with E-state index in [1.807, 2.05) is 23.1 Å². The largest absolute Gasteiger partial charge is 0.449 e. The van der Waals surface area contributed by atoms with E-state index in [1.165, 1.54) is 0 Å². The molecule has 1 atom stereocenters. The van der Waals surface area contributed by atoms with Gasteiger partial charge in [0.05, 0.1) is 24.8 Å². The minimum absolute atomic E-state index is 0.0199. The monoisotopic (exact) mass is 416 g/mol. The van der Waals surface area contributed by atoms with Crippen LogP contribution in [0.5, 0.6) is 0 Å². The van der Waals surface area contributed by atoms with Crippen LogP contribution in [0.25, 0.3) is 0 Å². The molecule has 1 aromatic heterocycles. The Morgan fingerprint density at radius 1 is 1.17 bits per heavy atom. The summed E-state index contributed by atoms with van der Waals surface area (Å²) in [6.45, 7) is 10.4. The predicted molar refractivity (Wildman–Crippen MR) is 116 cm³/mol. The van der Waals surface area contributed by atoms with Gasteiger partial charge in [-0.1, -0.05) is 26.8 Å². The van der Waals surface area contributed by atoms with E-state index in [1.54, 1.807) is 6.20 Å². The number of carbonyl (C=O) groups excluding carboxylic acids is 2. The highest BCUT2D eigenvalue weighted by molar-refractivity contribution is 5.78. The molecule has 1 aromatic rings. The van der Waals surface area contributed by atoms with Crippen molar-refractivity contribution in [1.82, 2.24) is 20.1 Å². The van der Waals surface area contributed by atoms with Gasteiger partial charge in [0.25, 0.3) is 0 Å². The second-order valence-corrected chi connectivity index (χ2v) is 9.71. The van der Waals surface area contributed by atoms with Gasteiger partial charge in [0.1, 0.15) is 0 Å². The topological polar surface area (TPSA) is 74.8 Å². The van der Waals surface area contributed by atoms with Gasteiger partial charge in [0.15, 0.2) is 0 Å². The van der Waals surface area contributed by atoms with Crippen LogP contribution in [0, 0.1) is 11.3 Å². The van der Waals surface area contributed by atoms with Gasteiger partial charge in [-0.3, -0.25) is 14.7 Å². The number of nitrogens with one attached hydrogen (secondary N) is 1. The van der Waals surface area contributed by atoms with Crippen molar-refractivity contribution in [3.05, 3.63) is 30.1 Å². The van der Waals surface area contributed by atoms with Crippen LogP contribution in [0.1, 0.15) is 52.1 Å². The highest BCUT2D eigenvalue weighted by Crippen LogP contribution is 2.25. The van der Waals surface area contributed by atoms with Crippen LogP contribution in [-0.2, 0) is 16.1 Å². The smallest absolute Gasteiger partial charge is 0.409 e. The van der Waals surface area contributed by atoms with Crippen molar-refractivity contribution in [3.63, 3.8) is 0 Å². The quantitative estimate of drug-likeness (QED) is 0.799. The first-order valence-electron chi connectivity index (χ1n) is 11.2. The lowest BCUT2D eigenvalue weighted by molar-refractivity contribution is -0.127. The van der Waals surface area contributed by atoms with E-state index in [-0.39, 0.29) is 23.3 Å². The minimum Gasteiger partial charge on any atom is -0.449 e. The molecule has 2 saturated heterocycles. The van der Waals surface area contributed by atoms with E-state index >= 15 is 0 Å². The number of ether oxygens (including phenoxy) is 1. The Morgan fingerprint density at radius 2 is 1.93 bits per heavy atom. The molecule has 0 bridgehead atoms. The number of amides is 2. The Labute approximate surface area is 180 Å². The van der Waals surface area contributed by atoms with Gasteiger partial charge < -0.3 is 15.0 Å². The molecule has 0 spiro atoms. The lowest BCUT2D eigenvalue weighted by Gasteiger charge is -2.41. The standard InChI is InChI=1S/C23H36N4O3/c1-23(2,3)17-30-22(29)26-13-9-20(10-14-26)27-12-6-7-18(16-27)21(28)25-15-19-8-4-5-11-24-19/h4-5,8,11,18,20H,6-7,9-10,12-17H2,1-3H3,(H,25,28)/t18-/m1/s1. The highest BCUT2D eigenvalue weighted by atomic mass is 16.6. The first kappa shape index (κ1) is 22.5. The van der Waals surface area contributed by atoms with E-state index < -0.39 is 0 Å². The fourth-order valence-corrected chi connectivity index (χ4v) is 4.16. The first-order valence-corrected chi connectivity index (χ1v) is 11.2. The molecule has 30 heavy (non-hydrogen) atoms. The number of hydrogen-bond donors (Lipinski definition) is 1. The van der Waals surface area contributed by atoms with Gasteiger partial charge in [-0.25, -0.2) is 4.79 Å². The van der Waals surface area contributed by atoms with Gasteiger partial charge in [0.2, 0.25) is 5.91 Å². The molecule has 3 rings (SSSR count). The van der Waals surface area contributed by atoms with E-state index in [2.05, 4.69) is 36.0 Å². The summed E-state index contributed by atoms with van der Waals surface area (Å²) in [4.78, 5) is 33.5. The van der Waals surface area contributed by atoms with Crippen LogP contribution in [0.15, 0.2) is 24.4 Å². The van der Waals surface area contributed by atoms with Crippen LogP contribution in [0.2, 0.25) is 0 Å². The van der Waals surface area contributed by atoms with Crippen molar-refractivity contribution >= 4 is 12.0 Å². The first-order chi connectivity index (χ1) is 14.3. The van der Waals surface area contributed by atoms with Crippen LogP contribution in [0.4, 0.5) is 4.79 Å². The van der Waals surface area contributed by atoms with Gasteiger partial charge >= 0.3 is 6.09 Å². The van der Waals surface area contributed by atoms with Gasteiger partial charge in [0, 0.05) is 31.9 Å². The third-order valence-electron chi connectivity index (χ3n) is 5.86. The minimum atomic E-state index is -0.200. The Bertz CT molecular complexity index is 696. The van der Waals surface area contributed by atoms with Crippen LogP contribution < -0.4 is 5.32 Å². The van der Waals surface area contributed by atoms with E-state index in [0.717, 1.165) is 57.6 Å². The molecule has 2 amide bonds. The SMILES string of the molecule is CC(C)(C)COC(=O)N1CCC(N2CCC[C@@H](C(=O)NCc3ccccn3)C2)CC1. The molecule has 2 aliphatic heterocycles. The highest BCUT2D eigenvalue weighted by Gasteiger charge is 2.33. The fourth-order valence-electron chi connectivity index (χ4n) is 4.16. The summed E-state index contributed by atoms with van der Waals surface area (Å²) in [5.41, 5.74) is 0.859. The van der Waals surface area contributed by atoms with Crippen LogP contribution in [-0.4, -0.2) is 65.6 Å². The summed E-state index contributed by atoms with van der Waals surface area (Å²) in [5, 5.41) is 3.04. The van der Waals surface area contributed by atoms with Crippen molar-refractivity contribution in [2.75, 3.05) is 32.8 Å². The van der Waals surface area contributed by atoms with Crippen LogP contribution >= 0.6 is 0 Å². The number of likely N-dealkylation sites (tertiary alicyclic amines) is 2. The predicted octanol–water partition coefficient (Wildman–Crippen LogP) is 3.06. The average molecular weight is 417 g/mol. The summed E-state index contributed by atoms with van der Waals surface area (Å²) in [6, 6.07) is 6.17. The Morgan fingerprint density at radius 3 is 2.60 bits per heavy atom. The normalized spacial score (nSPS) is 21.3. The van der Waals surface area contributed by atoms with Gasteiger partial charge in [-0.05, 0) is 49.8 Å². The van der Waals surface area contributed by atoms with Gasteiger partial charge in [-0.15, -0.1) is 0 Å². The van der Waals surface area contributed by atoms with E-state index in [0.29, 0.717) is 19.2 Å². The lowest BCUT2D eigenvalue weighted by atomic mass is 9.93. The molecule has 3 heterocycles. The number of pyridine rings is 1. The number of nitrogens with zero attached hydrogens (tertiary/aromatic N) is 3. The van der Waals surface area contributed by atoms with E-state index in [4.69, 9.17) is 4.74 Å². The molecule has 2 fully saturated rings. The number of rotatable bonds is 5. The summed E-state index contributed by atoms with van der Waals surface area (Å²) in [5.74, 6) is 0.144. The van der Waals surface area contributed by atoms with Crippen molar-refractivity contribution in [2.45, 2.75) is 59.0 Å². The molecular formula is C23H36N4O3. The van der Waals surface area contributed by atoms with Crippen molar-refractivity contribution in [2.24, 2.45) is 11.3 Å². The fraction of sp³-hybridized carbons (Fsp3) is 0.696. The third kappa shape index (κ3) is 6.69. The Balaban J connectivity index is 1.42. The molecule has 0 unspecified atom stereocenters. The average Bonchev–Trinajstić information content (AvgIpc) is 2.76. The number of piperidine rings is 2. The Kier molecular flexibility index (Phi) is 7.69. The van der Waals surface area contributed by atoms with Crippen molar-refractivity contribution in [1.29, 1.82) is 0 Å².